The highest BCUT2D eigenvalue weighted by Gasteiger charge is 2.15. The second-order valence-corrected chi connectivity index (χ2v) is 5.61. The maximum absolute atomic E-state index is 11.6. The van der Waals surface area contributed by atoms with Crippen LogP contribution < -0.4 is 15.5 Å². The van der Waals surface area contributed by atoms with Crippen LogP contribution in [0.25, 0.3) is 0 Å². The highest BCUT2D eigenvalue weighted by molar-refractivity contribution is 9.10. The molecule has 0 aliphatic heterocycles. The molecule has 0 spiro atoms. The SMILES string of the molecule is CNCc1ccc(Br)cc1N(C)CC(C)C(=O)NC. The van der Waals surface area contributed by atoms with E-state index in [1.165, 1.54) is 5.56 Å². The van der Waals surface area contributed by atoms with Crippen LogP contribution in [-0.4, -0.2) is 33.6 Å². The molecular weight excluding hydrogens is 306 g/mol. The quantitative estimate of drug-likeness (QED) is 0.839. The summed E-state index contributed by atoms with van der Waals surface area (Å²) in [5, 5.41) is 5.85. The van der Waals surface area contributed by atoms with Crippen LogP contribution in [-0.2, 0) is 11.3 Å². The molecule has 1 rings (SSSR count). The van der Waals surface area contributed by atoms with Crippen molar-refractivity contribution in [2.45, 2.75) is 13.5 Å². The van der Waals surface area contributed by atoms with Crippen LogP contribution >= 0.6 is 15.9 Å². The van der Waals surface area contributed by atoms with E-state index in [2.05, 4.69) is 43.6 Å². The summed E-state index contributed by atoms with van der Waals surface area (Å²) < 4.78 is 1.04. The van der Waals surface area contributed by atoms with Crippen molar-refractivity contribution in [1.82, 2.24) is 10.6 Å². The van der Waals surface area contributed by atoms with Crippen molar-refractivity contribution in [3.05, 3.63) is 28.2 Å². The van der Waals surface area contributed by atoms with Gasteiger partial charge in [-0.25, -0.2) is 0 Å². The minimum atomic E-state index is -0.0450. The number of hydrogen-bond acceptors (Lipinski definition) is 3. The van der Waals surface area contributed by atoms with Crippen molar-refractivity contribution in [2.75, 3.05) is 32.6 Å². The molecule has 0 radical (unpaired) electrons. The zero-order chi connectivity index (χ0) is 14.4. The average Bonchev–Trinajstić information content (AvgIpc) is 2.39. The van der Waals surface area contributed by atoms with Crippen molar-refractivity contribution in [3.63, 3.8) is 0 Å². The summed E-state index contributed by atoms with van der Waals surface area (Å²) in [6.45, 7) is 3.43. The Morgan fingerprint density at radius 1 is 1.42 bits per heavy atom. The first-order valence-corrected chi connectivity index (χ1v) is 7.14. The van der Waals surface area contributed by atoms with Crippen LogP contribution in [0.4, 0.5) is 5.69 Å². The lowest BCUT2D eigenvalue weighted by Crippen LogP contribution is -2.34. The first kappa shape index (κ1) is 16.0. The summed E-state index contributed by atoms with van der Waals surface area (Å²) in [7, 11) is 5.61. The van der Waals surface area contributed by atoms with Crippen LogP contribution in [0.2, 0.25) is 0 Å². The van der Waals surface area contributed by atoms with Gasteiger partial charge in [-0.1, -0.05) is 28.9 Å². The minimum Gasteiger partial charge on any atom is -0.374 e. The largest absolute Gasteiger partial charge is 0.374 e. The van der Waals surface area contributed by atoms with Gasteiger partial charge in [0.15, 0.2) is 0 Å². The Labute approximate surface area is 123 Å². The van der Waals surface area contributed by atoms with Crippen LogP contribution in [0.1, 0.15) is 12.5 Å². The number of nitrogens with one attached hydrogen (secondary N) is 2. The molecule has 0 aromatic heterocycles. The molecule has 0 aliphatic rings. The Morgan fingerprint density at radius 2 is 2.11 bits per heavy atom. The Kier molecular flexibility index (Phi) is 6.31. The third-order valence-corrected chi connectivity index (χ3v) is 3.56. The van der Waals surface area contributed by atoms with Crippen molar-refractivity contribution in [1.29, 1.82) is 0 Å². The maximum Gasteiger partial charge on any atom is 0.224 e. The van der Waals surface area contributed by atoms with Crippen LogP contribution in [0.15, 0.2) is 22.7 Å². The predicted octanol–water partition coefficient (Wildman–Crippen LogP) is 1.99. The molecule has 1 atom stereocenters. The van der Waals surface area contributed by atoms with Gasteiger partial charge in [-0.3, -0.25) is 4.79 Å². The molecule has 0 heterocycles. The van der Waals surface area contributed by atoms with Gasteiger partial charge < -0.3 is 15.5 Å². The van der Waals surface area contributed by atoms with Crippen LogP contribution in [0.3, 0.4) is 0 Å². The molecule has 106 valence electrons. The first-order chi connectivity index (χ1) is 8.99. The number of anilines is 1. The topological polar surface area (TPSA) is 44.4 Å². The number of benzene rings is 1. The van der Waals surface area contributed by atoms with E-state index in [0.29, 0.717) is 6.54 Å². The summed E-state index contributed by atoms with van der Waals surface area (Å²) in [5.74, 6) is 0.0217. The van der Waals surface area contributed by atoms with Crippen LogP contribution in [0, 0.1) is 5.92 Å². The van der Waals surface area contributed by atoms with Gasteiger partial charge in [0.25, 0.3) is 0 Å². The van der Waals surface area contributed by atoms with Gasteiger partial charge in [0.1, 0.15) is 0 Å². The fourth-order valence-electron chi connectivity index (χ4n) is 2.07. The summed E-state index contributed by atoms with van der Waals surface area (Å²) in [5.41, 5.74) is 2.36. The molecular formula is C14H22BrN3O. The summed E-state index contributed by atoms with van der Waals surface area (Å²) in [6, 6.07) is 6.21. The number of amides is 1. The van der Waals surface area contributed by atoms with Gasteiger partial charge in [0.2, 0.25) is 5.91 Å². The van der Waals surface area contributed by atoms with Crippen molar-refractivity contribution < 1.29 is 4.79 Å². The first-order valence-electron chi connectivity index (χ1n) is 6.35. The van der Waals surface area contributed by atoms with E-state index >= 15 is 0 Å². The molecule has 0 aliphatic carbocycles. The molecule has 0 saturated carbocycles. The van der Waals surface area contributed by atoms with E-state index < -0.39 is 0 Å². The monoisotopic (exact) mass is 327 g/mol. The molecule has 1 aromatic rings. The molecule has 19 heavy (non-hydrogen) atoms. The lowest BCUT2D eigenvalue weighted by Gasteiger charge is -2.25. The lowest BCUT2D eigenvalue weighted by molar-refractivity contribution is -0.123. The van der Waals surface area contributed by atoms with E-state index in [9.17, 15) is 4.79 Å². The third-order valence-electron chi connectivity index (χ3n) is 3.07. The zero-order valence-corrected chi connectivity index (χ0v) is 13.5. The molecule has 4 nitrogen and oxygen atoms in total. The van der Waals surface area contributed by atoms with E-state index in [0.717, 1.165) is 16.7 Å². The van der Waals surface area contributed by atoms with Crippen molar-refractivity contribution in [2.24, 2.45) is 5.92 Å². The van der Waals surface area contributed by atoms with E-state index in [1.54, 1.807) is 7.05 Å². The van der Waals surface area contributed by atoms with Crippen LogP contribution in [0.5, 0.6) is 0 Å². The van der Waals surface area contributed by atoms with E-state index in [-0.39, 0.29) is 11.8 Å². The van der Waals surface area contributed by atoms with Crippen molar-refractivity contribution >= 4 is 27.5 Å². The summed E-state index contributed by atoms with van der Waals surface area (Å²) in [4.78, 5) is 13.7. The van der Waals surface area contributed by atoms with Gasteiger partial charge in [0.05, 0.1) is 5.92 Å². The predicted molar refractivity (Wildman–Crippen MR) is 83.4 cm³/mol. The van der Waals surface area contributed by atoms with Crippen molar-refractivity contribution in [3.8, 4) is 0 Å². The van der Waals surface area contributed by atoms with Gasteiger partial charge >= 0.3 is 0 Å². The molecule has 1 amide bonds. The number of carbonyl (C=O) groups is 1. The molecule has 2 N–H and O–H groups in total. The van der Waals surface area contributed by atoms with Gasteiger partial charge in [-0.2, -0.15) is 0 Å². The normalized spacial score (nSPS) is 12.1. The Bertz CT molecular complexity index is 437. The smallest absolute Gasteiger partial charge is 0.224 e. The minimum absolute atomic E-state index is 0.0450. The molecule has 5 heteroatoms. The second-order valence-electron chi connectivity index (χ2n) is 4.70. The number of halogens is 1. The fraction of sp³-hybridized carbons (Fsp3) is 0.500. The zero-order valence-electron chi connectivity index (χ0n) is 12.0. The Balaban J connectivity index is 2.88. The fourth-order valence-corrected chi connectivity index (χ4v) is 2.42. The van der Waals surface area contributed by atoms with Gasteiger partial charge in [0, 0.05) is 37.3 Å². The van der Waals surface area contributed by atoms with Gasteiger partial charge in [-0.15, -0.1) is 0 Å². The Hall–Kier alpha value is -1.07. The van der Waals surface area contributed by atoms with E-state index in [4.69, 9.17) is 0 Å². The number of carbonyl (C=O) groups excluding carboxylic acids is 1. The lowest BCUT2D eigenvalue weighted by atomic mass is 10.1. The average molecular weight is 328 g/mol. The number of rotatable bonds is 6. The Morgan fingerprint density at radius 3 is 2.68 bits per heavy atom. The summed E-state index contributed by atoms with van der Waals surface area (Å²) >= 11 is 3.50. The molecule has 1 unspecified atom stereocenters. The number of nitrogens with zero attached hydrogens (tertiary/aromatic N) is 1. The molecule has 1 aromatic carbocycles. The molecule has 0 fully saturated rings. The molecule has 0 bridgehead atoms. The van der Waals surface area contributed by atoms with E-state index in [1.807, 2.05) is 27.1 Å². The summed E-state index contributed by atoms with van der Waals surface area (Å²) in [6.07, 6.45) is 0. The third kappa shape index (κ3) is 4.51. The highest BCUT2D eigenvalue weighted by atomic mass is 79.9. The van der Waals surface area contributed by atoms with Gasteiger partial charge in [-0.05, 0) is 24.7 Å². The number of hydrogen-bond donors (Lipinski definition) is 2. The second kappa shape index (κ2) is 7.50. The standard InChI is InChI=1S/C14H22BrN3O/c1-10(14(19)17-3)9-18(4)13-7-12(15)6-5-11(13)8-16-2/h5-7,10,16H,8-9H2,1-4H3,(H,17,19). The molecule has 0 saturated heterocycles. The highest BCUT2D eigenvalue weighted by Crippen LogP contribution is 2.25. The maximum atomic E-state index is 11.6.